The summed E-state index contributed by atoms with van der Waals surface area (Å²) in [6, 6.07) is 0.384. The summed E-state index contributed by atoms with van der Waals surface area (Å²) >= 11 is 0. The van der Waals surface area contributed by atoms with E-state index in [0.29, 0.717) is 12.5 Å². The Hall–Kier alpha value is -1.77. The molecule has 1 aliphatic carbocycles. The lowest BCUT2D eigenvalue weighted by Gasteiger charge is -2.30. The van der Waals surface area contributed by atoms with E-state index in [1.165, 1.54) is 0 Å². The molecule has 1 N–H and O–H groups in total. The van der Waals surface area contributed by atoms with Crippen molar-refractivity contribution in [3.8, 4) is 0 Å². The van der Waals surface area contributed by atoms with E-state index in [4.69, 9.17) is 0 Å². The molecule has 1 saturated heterocycles. The minimum Gasteiger partial charge on any atom is -0.348 e. The van der Waals surface area contributed by atoms with Gasteiger partial charge in [-0.25, -0.2) is 0 Å². The number of hydrogen-bond donors (Lipinski definition) is 1. The van der Waals surface area contributed by atoms with Crippen LogP contribution >= 0.6 is 0 Å². The SMILES string of the molecule is Cc1cc(C(F)(F)F)cc(C(F)(F)F)c1C(=O)N[C@@H]1CCC[C@@H]1N1CCCC1. The topological polar surface area (TPSA) is 32.3 Å². The number of nitrogens with one attached hydrogen (secondary N) is 1. The van der Waals surface area contributed by atoms with Crippen molar-refractivity contribution in [2.75, 3.05) is 13.1 Å². The maximum absolute atomic E-state index is 13.4. The monoisotopic (exact) mass is 408 g/mol. The number of hydrogen-bond acceptors (Lipinski definition) is 2. The number of halogens is 6. The molecule has 2 fully saturated rings. The van der Waals surface area contributed by atoms with Gasteiger partial charge < -0.3 is 5.32 Å². The van der Waals surface area contributed by atoms with Gasteiger partial charge in [-0.15, -0.1) is 0 Å². The Bertz CT molecular complexity index is 737. The normalized spacial score (nSPS) is 24.0. The number of aryl methyl sites for hydroxylation is 1. The van der Waals surface area contributed by atoms with Crippen LogP contribution in [0.25, 0.3) is 0 Å². The minimum atomic E-state index is -5.07. The fourth-order valence-corrected chi connectivity index (χ4v) is 4.34. The second-order valence-corrected chi connectivity index (χ2v) is 7.53. The quantitative estimate of drug-likeness (QED) is 0.731. The molecule has 9 heteroatoms. The fourth-order valence-electron chi connectivity index (χ4n) is 4.34. The zero-order chi connectivity index (χ0) is 20.7. The van der Waals surface area contributed by atoms with Crippen LogP contribution in [0.3, 0.4) is 0 Å². The van der Waals surface area contributed by atoms with Crippen LogP contribution in [0, 0.1) is 6.92 Å². The molecule has 1 aromatic carbocycles. The molecule has 0 bridgehead atoms. The molecule has 1 heterocycles. The van der Waals surface area contributed by atoms with E-state index in [-0.39, 0.29) is 23.7 Å². The van der Waals surface area contributed by atoms with Crippen LogP contribution in [0.15, 0.2) is 12.1 Å². The molecule has 0 aromatic heterocycles. The molecule has 1 amide bonds. The highest BCUT2D eigenvalue weighted by molar-refractivity contribution is 5.97. The Morgan fingerprint density at radius 1 is 1.00 bits per heavy atom. The maximum Gasteiger partial charge on any atom is 0.417 e. The van der Waals surface area contributed by atoms with Gasteiger partial charge in [0, 0.05) is 12.1 Å². The maximum atomic E-state index is 13.4. The standard InChI is InChI=1S/C19H22F6N2O/c1-11-9-12(18(20,21)22)10-13(19(23,24)25)16(11)17(28)26-14-5-4-6-15(14)27-7-2-3-8-27/h9-10,14-15H,2-8H2,1H3,(H,26,28)/t14-,15+/m1/s1. The molecule has 0 spiro atoms. The van der Waals surface area contributed by atoms with E-state index in [2.05, 4.69) is 10.2 Å². The van der Waals surface area contributed by atoms with Crippen molar-refractivity contribution in [1.29, 1.82) is 0 Å². The largest absolute Gasteiger partial charge is 0.417 e. The van der Waals surface area contributed by atoms with Gasteiger partial charge in [0.2, 0.25) is 0 Å². The molecule has 2 atom stereocenters. The van der Waals surface area contributed by atoms with Gasteiger partial charge in [0.15, 0.2) is 0 Å². The van der Waals surface area contributed by atoms with Crippen LogP contribution in [0.5, 0.6) is 0 Å². The van der Waals surface area contributed by atoms with Crippen molar-refractivity contribution in [2.45, 2.75) is 63.5 Å². The number of carbonyl (C=O) groups excluding carboxylic acids is 1. The average molecular weight is 408 g/mol. The van der Waals surface area contributed by atoms with Crippen molar-refractivity contribution < 1.29 is 31.1 Å². The van der Waals surface area contributed by atoms with Crippen LogP contribution in [0.1, 0.15) is 59.2 Å². The smallest absolute Gasteiger partial charge is 0.348 e. The van der Waals surface area contributed by atoms with E-state index >= 15 is 0 Å². The van der Waals surface area contributed by atoms with Gasteiger partial charge in [0.05, 0.1) is 16.7 Å². The molecular weight excluding hydrogens is 386 g/mol. The van der Waals surface area contributed by atoms with Crippen LogP contribution in [-0.2, 0) is 12.4 Å². The first kappa shape index (κ1) is 21.0. The van der Waals surface area contributed by atoms with Crippen LogP contribution < -0.4 is 5.32 Å². The first-order valence-corrected chi connectivity index (χ1v) is 9.32. The lowest BCUT2D eigenvalue weighted by Crippen LogP contribution is -2.48. The summed E-state index contributed by atoms with van der Waals surface area (Å²) in [5, 5.41) is 2.67. The van der Waals surface area contributed by atoms with Crippen LogP contribution in [-0.4, -0.2) is 36.0 Å². The summed E-state index contributed by atoms with van der Waals surface area (Å²) in [6.45, 7) is 2.89. The summed E-state index contributed by atoms with van der Waals surface area (Å²) in [7, 11) is 0. The molecule has 3 nitrogen and oxygen atoms in total. The molecule has 0 radical (unpaired) electrons. The molecule has 3 rings (SSSR count). The van der Waals surface area contributed by atoms with Gasteiger partial charge in [-0.2, -0.15) is 26.3 Å². The predicted molar refractivity (Wildman–Crippen MR) is 90.9 cm³/mol. The molecule has 1 aromatic rings. The third-order valence-corrected chi connectivity index (χ3v) is 5.60. The van der Waals surface area contributed by atoms with Crippen molar-refractivity contribution >= 4 is 5.91 Å². The highest BCUT2D eigenvalue weighted by Gasteiger charge is 2.41. The second-order valence-electron chi connectivity index (χ2n) is 7.53. The van der Waals surface area contributed by atoms with E-state index < -0.39 is 35.0 Å². The molecular formula is C19H22F6N2O. The summed E-state index contributed by atoms with van der Waals surface area (Å²) in [6.07, 6.45) is -5.54. The van der Waals surface area contributed by atoms with Gasteiger partial charge in [0.1, 0.15) is 0 Å². The summed E-state index contributed by atoms with van der Waals surface area (Å²) in [5.41, 5.74) is -4.03. The number of carbonyl (C=O) groups is 1. The van der Waals surface area contributed by atoms with Gasteiger partial charge in [-0.1, -0.05) is 0 Å². The van der Waals surface area contributed by atoms with Crippen molar-refractivity contribution in [3.63, 3.8) is 0 Å². The molecule has 2 aliphatic rings. The number of rotatable bonds is 3. The molecule has 1 saturated carbocycles. The van der Waals surface area contributed by atoms with Crippen molar-refractivity contribution in [2.24, 2.45) is 0 Å². The summed E-state index contributed by atoms with van der Waals surface area (Å²) in [4.78, 5) is 14.9. The number of alkyl halides is 6. The Balaban J connectivity index is 1.90. The highest BCUT2D eigenvalue weighted by Crippen LogP contribution is 2.39. The van der Waals surface area contributed by atoms with E-state index in [0.717, 1.165) is 45.7 Å². The van der Waals surface area contributed by atoms with E-state index in [9.17, 15) is 31.1 Å². The molecule has 1 aliphatic heterocycles. The number of amides is 1. The van der Waals surface area contributed by atoms with E-state index in [1.807, 2.05) is 0 Å². The van der Waals surface area contributed by atoms with Crippen molar-refractivity contribution in [3.05, 3.63) is 34.4 Å². The summed E-state index contributed by atoms with van der Waals surface area (Å²) < 4.78 is 79.2. The van der Waals surface area contributed by atoms with Gasteiger partial charge in [-0.05, 0) is 69.8 Å². The first-order valence-electron chi connectivity index (χ1n) is 9.32. The fraction of sp³-hybridized carbons (Fsp3) is 0.632. The summed E-state index contributed by atoms with van der Waals surface area (Å²) in [5.74, 6) is -0.963. The Kier molecular flexibility index (Phi) is 5.67. The van der Waals surface area contributed by atoms with E-state index in [1.54, 1.807) is 0 Å². The zero-order valence-electron chi connectivity index (χ0n) is 15.4. The zero-order valence-corrected chi connectivity index (χ0v) is 15.4. The Labute approximate surface area is 159 Å². The number of benzene rings is 1. The molecule has 156 valence electrons. The third-order valence-electron chi connectivity index (χ3n) is 5.60. The Morgan fingerprint density at radius 3 is 2.21 bits per heavy atom. The van der Waals surface area contributed by atoms with Crippen molar-refractivity contribution in [1.82, 2.24) is 10.2 Å². The van der Waals surface area contributed by atoms with Gasteiger partial charge in [-0.3, -0.25) is 9.69 Å². The highest BCUT2D eigenvalue weighted by atomic mass is 19.4. The number of likely N-dealkylation sites (tertiary alicyclic amines) is 1. The predicted octanol–water partition coefficient (Wildman–Crippen LogP) is 4.78. The van der Waals surface area contributed by atoms with Gasteiger partial charge >= 0.3 is 12.4 Å². The molecule has 0 unspecified atom stereocenters. The third kappa shape index (κ3) is 4.29. The lowest BCUT2D eigenvalue weighted by atomic mass is 9.96. The average Bonchev–Trinajstić information content (AvgIpc) is 3.23. The molecule has 28 heavy (non-hydrogen) atoms. The minimum absolute atomic E-state index is 0.0223. The second kappa shape index (κ2) is 7.57. The lowest BCUT2D eigenvalue weighted by molar-refractivity contribution is -0.143. The first-order chi connectivity index (χ1) is 13.0. The van der Waals surface area contributed by atoms with Crippen LogP contribution in [0.2, 0.25) is 0 Å². The Morgan fingerprint density at radius 2 is 1.64 bits per heavy atom. The number of nitrogens with zero attached hydrogens (tertiary/aromatic N) is 1. The van der Waals surface area contributed by atoms with Crippen LogP contribution in [0.4, 0.5) is 26.3 Å². The van der Waals surface area contributed by atoms with Gasteiger partial charge in [0.25, 0.3) is 5.91 Å².